The molecule has 0 N–H and O–H groups in total. The van der Waals surface area contributed by atoms with Gasteiger partial charge in [-0.05, 0) is 45.7 Å². The van der Waals surface area contributed by atoms with Crippen LogP contribution in [0.5, 0.6) is 0 Å². The van der Waals surface area contributed by atoms with Crippen molar-refractivity contribution in [3.8, 4) is 0 Å². The zero-order chi connectivity index (χ0) is 19.0. The second-order valence-corrected chi connectivity index (χ2v) is 8.76. The Balaban J connectivity index is 1.41. The van der Waals surface area contributed by atoms with Crippen molar-refractivity contribution in [3.05, 3.63) is 39.7 Å². The van der Waals surface area contributed by atoms with Gasteiger partial charge in [-0.15, -0.1) is 11.3 Å². The lowest BCUT2D eigenvalue weighted by Gasteiger charge is -2.51. The number of nitrogens with zero attached hydrogens (tertiary/aromatic N) is 3. The first-order valence-corrected chi connectivity index (χ1v) is 10.5. The third-order valence-corrected chi connectivity index (χ3v) is 6.73. The molecule has 6 nitrogen and oxygen atoms in total. The van der Waals surface area contributed by atoms with Crippen LogP contribution < -0.4 is 0 Å². The predicted molar refractivity (Wildman–Crippen MR) is 104 cm³/mol. The molecule has 0 aliphatic carbocycles. The molecule has 4 heterocycles. The fraction of sp³-hybridized carbons (Fsp3) is 0.600. The number of thiazole rings is 1. The molecule has 0 unspecified atom stereocenters. The lowest BCUT2D eigenvalue weighted by molar-refractivity contribution is -0.188. The predicted octanol–water partition coefficient (Wildman–Crippen LogP) is 3.14. The van der Waals surface area contributed by atoms with Crippen LogP contribution in [0.3, 0.4) is 0 Å². The molecule has 1 amide bonds. The lowest BCUT2D eigenvalue weighted by Crippen LogP contribution is -2.63. The van der Waals surface area contributed by atoms with Crippen molar-refractivity contribution in [2.75, 3.05) is 19.7 Å². The van der Waals surface area contributed by atoms with Crippen molar-refractivity contribution >= 4 is 17.2 Å². The zero-order valence-corrected chi connectivity index (χ0v) is 17.1. The maximum absolute atomic E-state index is 12.5. The molecule has 2 aliphatic heterocycles. The first kappa shape index (κ1) is 18.7. The molecule has 1 spiro atoms. The van der Waals surface area contributed by atoms with Gasteiger partial charge in [0.2, 0.25) is 5.91 Å². The minimum absolute atomic E-state index is 0.0498. The summed E-state index contributed by atoms with van der Waals surface area (Å²) in [6.07, 6.45) is 1.85. The van der Waals surface area contributed by atoms with E-state index < -0.39 is 0 Å². The van der Waals surface area contributed by atoms with Crippen LogP contribution in [0, 0.1) is 13.8 Å². The highest BCUT2D eigenvalue weighted by Gasteiger charge is 2.48. The maximum Gasteiger partial charge on any atom is 0.249 e. The summed E-state index contributed by atoms with van der Waals surface area (Å²) in [6.45, 7) is 9.57. The first-order valence-electron chi connectivity index (χ1n) is 9.57. The minimum atomic E-state index is -0.255. The summed E-state index contributed by atoms with van der Waals surface area (Å²) in [4.78, 5) is 21.4. The normalized spacial score (nSPS) is 23.3. The first-order chi connectivity index (χ1) is 12.9. The summed E-state index contributed by atoms with van der Waals surface area (Å²) in [5.41, 5.74) is 0.717. The summed E-state index contributed by atoms with van der Waals surface area (Å²) < 4.78 is 11.9. The molecule has 0 aromatic carbocycles. The molecule has 4 rings (SSSR count). The lowest BCUT2D eigenvalue weighted by atomic mass is 9.82. The van der Waals surface area contributed by atoms with E-state index in [0.717, 1.165) is 54.7 Å². The van der Waals surface area contributed by atoms with Crippen molar-refractivity contribution < 1.29 is 13.9 Å². The number of hydrogen-bond acceptors (Lipinski definition) is 6. The molecular weight excluding hydrogens is 362 g/mol. The number of aromatic nitrogens is 1. The van der Waals surface area contributed by atoms with E-state index in [-0.39, 0.29) is 24.2 Å². The molecule has 2 aromatic rings. The van der Waals surface area contributed by atoms with Gasteiger partial charge in [0.25, 0.3) is 0 Å². The average Bonchev–Trinajstić information content (AvgIpc) is 3.25. The number of aryl methyl sites for hydroxylation is 2. The Morgan fingerprint density at radius 2 is 2.04 bits per heavy atom. The van der Waals surface area contributed by atoms with Gasteiger partial charge in [0.05, 0.1) is 35.4 Å². The number of carbonyl (C=O) groups excluding carboxylic acids is 1. The van der Waals surface area contributed by atoms with Crippen LogP contribution in [-0.2, 0) is 22.6 Å². The number of furan rings is 1. The summed E-state index contributed by atoms with van der Waals surface area (Å²) in [7, 11) is 0. The molecule has 0 radical (unpaired) electrons. The number of hydrogen-bond donors (Lipinski definition) is 0. The fourth-order valence-corrected chi connectivity index (χ4v) is 4.84. The Bertz CT molecular complexity index is 807. The standard InChI is InChI=1S/C20H27N3O3S/c1-14-4-5-18(26-14)11-22-8-6-20(7-9-22)15(2)23(19(24)12-25-20)10-17-13-27-16(3)21-17/h4-5,13,15H,6-12H2,1-3H3/t15-/m0/s1. The van der Waals surface area contributed by atoms with Gasteiger partial charge in [0, 0.05) is 18.5 Å². The van der Waals surface area contributed by atoms with Gasteiger partial charge in [-0.3, -0.25) is 9.69 Å². The van der Waals surface area contributed by atoms with Crippen LogP contribution in [-0.4, -0.2) is 52.0 Å². The van der Waals surface area contributed by atoms with Crippen LogP contribution in [0.25, 0.3) is 0 Å². The largest absolute Gasteiger partial charge is 0.465 e. The third-order valence-electron chi connectivity index (χ3n) is 5.91. The van der Waals surface area contributed by atoms with Crippen LogP contribution in [0.2, 0.25) is 0 Å². The van der Waals surface area contributed by atoms with Gasteiger partial charge in [0.1, 0.15) is 18.1 Å². The van der Waals surface area contributed by atoms with E-state index in [1.54, 1.807) is 11.3 Å². The van der Waals surface area contributed by atoms with E-state index in [2.05, 4.69) is 22.9 Å². The Morgan fingerprint density at radius 1 is 1.26 bits per heavy atom. The van der Waals surface area contributed by atoms with Gasteiger partial charge in [-0.1, -0.05) is 0 Å². The van der Waals surface area contributed by atoms with E-state index in [1.807, 2.05) is 30.2 Å². The molecule has 27 heavy (non-hydrogen) atoms. The van der Waals surface area contributed by atoms with E-state index in [0.29, 0.717) is 6.54 Å². The smallest absolute Gasteiger partial charge is 0.249 e. The number of rotatable bonds is 4. The van der Waals surface area contributed by atoms with Crippen LogP contribution in [0.1, 0.15) is 42.0 Å². The number of morpholine rings is 1. The van der Waals surface area contributed by atoms with Gasteiger partial charge >= 0.3 is 0 Å². The summed E-state index contributed by atoms with van der Waals surface area (Å²) in [6, 6.07) is 4.11. The van der Waals surface area contributed by atoms with E-state index in [4.69, 9.17) is 9.15 Å². The third kappa shape index (κ3) is 3.81. The van der Waals surface area contributed by atoms with Crippen molar-refractivity contribution in [2.45, 2.75) is 58.3 Å². The van der Waals surface area contributed by atoms with Gasteiger partial charge in [0.15, 0.2) is 0 Å². The highest BCUT2D eigenvalue weighted by molar-refractivity contribution is 7.09. The molecule has 2 aromatic heterocycles. The number of ether oxygens (including phenoxy) is 1. The topological polar surface area (TPSA) is 58.8 Å². The number of amides is 1. The minimum Gasteiger partial charge on any atom is -0.465 e. The number of piperidine rings is 1. The second-order valence-electron chi connectivity index (χ2n) is 7.70. The Morgan fingerprint density at radius 3 is 2.67 bits per heavy atom. The van der Waals surface area contributed by atoms with E-state index >= 15 is 0 Å². The summed E-state index contributed by atoms with van der Waals surface area (Å²) in [5.74, 6) is 2.03. The van der Waals surface area contributed by atoms with E-state index in [9.17, 15) is 4.79 Å². The molecular formula is C20H27N3O3S. The van der Waals surface area contributed by atoms with Crippen molar-refractivity contribution in [1.29, 1.82) is 0 Å². The van der Waals surface area contributed by atoms with Crippen LogP contribution in [0.15, 0.2) is 21.9 Å². The number of carbonyl (C=O) groups is 1. The molecule has 1 atom stereocenters. The highest BCUT2D eigenvalue weighted by atomic mass is 32.1. The molecule has 0 bridgehead atoms. The molecule has 2 saturated heterocycles. The SMILES string of the molecule is Cc1ccc(CN2CCC3(CC2)OCC(=O)N(Cc2csc(C)n2)[C@H]3C)o1. The Labute approximate surface area is 164 Å². The van der Waals surface area contributed by atoms with Crippen molar-refractivity contribution in [1.82, 2.24) is 14.8 Å². The molecule has 146 valence electrons. The quantitative estimate of drug-likeness (QED) is 0.804. The van der Waals surface area contributed by atoms with Gasteiger partial charge in [-0.2, -0.15) is 0 Å². The molecule has 2 fully saturated rings. The summed E-state index contributed by atoms with van der Waals surface area (Å²) in [5, 5.41) is 3.08. The monoisotopic (exact) mass is 389 g/mol. The molecule has 0 saturated carbocycles. The molecule has 2 aliphatic rings. The Hall–Kier alpha value is -1.70. The number of likely N-dealkylation sites (tertiary alicyclic amines) is 1. The second kappa shape index (κ2) is 7.37. The molecule has 7 heteroatoms. The highest BCUT2D eigenvalue weighted by Crippen LogP contribution is 2.36. The zero-order valence-electron chi connectivity index (χ0n) is 16.2. The van der Waals surface area contributed by atoms with E-state index in [1.165, 1.54) is 0 Å². The summed E-state index contributed by atoms with van der Waals surface area (Å²) >= 11 is 1.63. The van der Waals surface area contributed by atoms with Crippen molar-refractivity contribution in [2.24, 2.45) is 0 Å². The average molecular weight is 390 g/mol. The van der Waals surface area contributed by atoms with Crippen LogP contribution in [0.4, 0.5) is 0 Å². The van der Waals surface area contributed by atoms with Gasteiger partial charge in [-0.25, -0.2) is 4.98 Å². The fourth-order valence-electron chi connectivity index (χ4n) is 4.23. The maximum atomic E-state index is 12.5. The Kier molecular flexibility index (Phi) is 5.09. The van der Waals surface area contributed by atoms with Crippen molar-refractivity contribution in [3.63, 3.8) is 0 Å². The van der Waals surface area contributed by atoms with Gasteiger partial charge < -0.3 is 14.1 Å². The van der Waals surface area contributed by atoms with Crippen LogP contribution >= 0.6 is 11.3 Å².